The summed E-state index contributed by atoms with van der Waals surface area (Å²) in [5.74, 6) is 0.907. The summed E-state index contributed by atoms with van der Waals surface area (Å²) in [7, 11) is 0. The lowest BCUT2D eigenvalue weighted by Gasteiger charge is -2.28. The molecule has 2 amide bonds. The molecule has 5 nitrogen and oxygen atoms in total. The fourth-order valence-corrected chi connectivity index (χ4v) is 3.53. The quantitative estimate of drug-likeness (QED) is 0.809. The lowest BCUT2D eigenvalue weighted by molar-refractivity contribution is -0.123. The predicted octanol–water partition coefficient (Wildman–Crippen LogP) is 2.63. The number of carbonyl (C=O) groups is 2. The number of carbonyl (C=O) groups excluding carboxylic acids is 2. The number of anilines is 1. The smallest absolute Gasteiger partial charge is 0.240 e. The average molecular weight is 356 g/mol. The Balaban J connectivity index is 1.49. The third-order valence-corrected chi connectivity index (χ3v) is 4.84. The minimum absolute atomic E-state index is 0.0286. The lowest BCUT2D eigenvalue weighted by Crippen LogP contribution is -2.44. The number of hydrogen-bond donors (Lipinski definition) is 1. The molecule has 25 heavy (non-hydrogen) atoms. The van der Waals surface area contributed by atoms with Crippen LogP contribution in [0.3, 0.4) is 0 Å². The molecule has 0 bridgehead atoms. The molecule has 1 aliphatic heterocycles. The second kappa shape index (κ2) is 8.07. The van der Waals surface area contributed by atoms with Crippen molar-refractivity contribution in [3.63, 3.8) is 0 Å². The molecule has 0 aromatic heterocycles. The maximum Gasteiger partial charge on any atom is 0.240 e. The Morgan fingerprint density at radius 3 is 2.92 bits per heavy atom. The van der Waals surface area contributed by atoms with E-state index >= 15 is 0 Å². The number of nitrogens with zero attached hydrogens (tertiary/aromatic N) is 1. The lowest BCUT2D eigenvalue weighted by atomic mass is 10.2. The molecule has 0 radical (unpaired) electrons. The van der Waals surface area contributed by atoms with E-state index in [2.05, 4.69) is 5.32 Å². The van der Waals surface area contributed by atoms with Gasteiger partial charge in [-0.05, 0) is 36.8 Å². The minimum Gasteiger partial charge on any atom is -0.492 e. The number of nitrogens with one attached hydrogen (secondary N) is 1. The van der Waals surface area contributed by atoms with Crippen LogP contribution in [0.15, 0.2) is 53.4 Å². The Kier molecular flexibility index (Phi) is 5.60. The van der Waals surface area contributed by atoms with Crippen molar-refractivity contribution >= 4 is 29.3 Å². The second-order valence-electron chi connectivity index (χ2n) is 5.75. The molecule has 6 heteroatoms. The summed E-state index contributed by atoms with van der Waals surface area (Å²) in [4.78, 5) is 26.9. The summed E-state index contributed by atoms with van der Waals surface area (Å²) in [6.45, 7) is 2.81. The molecular formula is C19H20N2O3S. The van der Waals surface area contributed by atoms with Crippen molar-refractivity contribution in [1.29, 1.82) is 0 Å². The summed E-state index contributed by atoms with van der Waals surface area (Å²) in [5.41, 5.74) is 1.93. The van der Waals surface area contributed by atoms with E-state index in [1.807, 2.05) is 55.5 Å². The van der Waals surface area contributed by atoms with Crippen LogP contribution in [0.4, 0.5) is 5.69 Å². The highest BCUT2D eigenvalue weighted by Crippen LogP contribution is 2.34. The van der Waals surface area contributed by atoms with Gasteiger partial charge in [-0.1, -0.05) is 24.3 Å². The Morgan fingerprint density at radius 1 is 1.24 bits per heavy atom. The fraction of sp³-hybridized carbons (Fsp3) is 0.263. The van der Waals surface area contributed by atoms with Gasteiger partial charge in [-0.3, -0.25) is 9.59 Å². The van der Waals surface area contributed by atoms with Crippen molar-refractivity contribution in [3.8, 4) is 5.75 Å². The summed E-state index contributed by atoms with van der Waals surface area (Å²) in [6.07, 6.45) is 0. The topological polar surface area (TPSA) is 58.6 Å². The molecule has 1 aliphatic rings. The largest absolute Gasteiger partial charge is 0.492 e. The molecular weight excluding hydrogens is 336 g/mol. The van der Waals surface area contributed by atoms with Gasteiger partial charge in [-0.2, -0.15) is 0 Å². The first kappa shape index (κ1) is 17.4. The zero-order valence-electron chi connectivity index (χ0n) is 14.0. The SMILES string of the molecule is Cc1cccc(OCCNC(=O)CN2C(=O)CSc3ccccc32)c1. The molecule has 0 fully saturated rings. The van der Waals surface area contributed by atoms with Crippen molar-refractivity contribution in [2.75, 3.05) is 30.3 Å². The average Bonchev–Trinajstić information content (AvgIpc) is 2.61. The maximum atomic E-state index is 12.2. The number of ether oxygens (including phenoxy) is 1. The van der Waals surface area contributed by atoms with Crippen molar-refractivity contribution in [1.82, 2.24) is 5.32 Å². The van der Waals surface area contributed by atoms with E-state index in [4.69, 9.17) is 4.74 Å². The van der Waals surface area contributed by atoms with E-state index in [-0.39, 0.29) is 18.4 Å². The van der Waals surface area contributed by atoms with E-state index < -0.39 is 0 Å². The van der Waals surface area contributed by atoms with E-state index in [0.717, 1.165) is 21.9 Å². The molecule has 0 aliphatic carbocycles. The third kappa shape index (κ3) is 4.54. The van der Waals surface area contributed by atoms with Crippen LogP contribution in [-0.2, 0) is 9.59 Å². The highest BCUT2D eigenvalue weighted by Gasteiger charge is 2.25. The fourth-order valence-electron chi connectivity index (χ4n) is 2.59. The monoisotopic (exact) mass is 356 g/mol. The Labute approximate surface area is 151 Å². The van der Waals surface area contributed by atoms with Crippen molar-refractivity contribution < 1.29 is 14.3 Å². The standard InChI is InChI=1S/C19H20N2O3S/c1-14-5-4-6-15(11-14)24-10-9-20-18(22)12-21-16-7-2-3-8-17(16)25-13-19(21)23/h2-8,11H,9-10,12-13H2,1H3,(H,20,22). The number of hydrogen-bond acceptors (Lipinski definition) is 4. The highest BCUT2D eigenvalue weighted by atomic mass is 32.2. The molecule has 1 N–H and O–H groups in total. The first-order chi connectivity index (χ1) is 12.1. The van der Waals surface area contributed by atoms with Crippen LogP contribution in [-0.4, -0.2) is 37.3 Å². The maximum absolute atomic E-state index is 12.2. The van der Waals surface area contributed by atoms with E-state index in [1.54, 1.807) is 4.90 Å². The molecule has 0 saturated carbocycles. The van der Waals surface area contributed by atoms with Crippen LogP contribution in [0.25, 0.3) is 0 Å². The molecule has 1 heterocycles. The molecule has 0 unspecified atom stereocenters. The van der Waals surface area contributed by atoms with Crippen molar-refractivity contribution in [3.05, 3.63) is 54.1 Å². The summed E-state index contributed by atoms with van der Waals surface area (Å²) < 4.78 is 5.61. The van der Waals surface area contributed by atoms with Crippen LogP contribution in [0, 0.1) is 6.92 Å². The number of rotatable bonds is 6. The predicted molar refractivity (Wildman–Crippen MR) is 99.2 cm³/mol. The van der Waals surface area contributed by atoms with Crippen LogP contribution in [0.2, 0.25) is 0 Å². The summed E-state index contributed by atoms with van der Waals surface area (Å²) >= 11 is 1.50. The highest BCUT2D eigenvalue weighted by molar-refractivity contribution is 8.00. The molecule has 2 aromatic rings. The second-order valence-corrected chi connectivity index (χ2v) is 6.77. The van der Waals surface area contributed by atoms with Crippen LogP contribution in [0.1, 0.15) is 5.56 Å². The van der Waals surface area contributed by atoms with Gasteiger partial charge in [0.05, 0.1) is 18.0 Å². The van der Waals surface area contributed by atoms with Crippen molar-refractivity contribution in [2.24, 2.45) is 0 Å². The molecule has 0 atom stereocenters. The summed E-state index contributed by atoms with van der Waals surface area (Å²) in [5, 5.41) is 2.80. The van der Waals surface area contributed by atoms with Gasteiger partial charge in [0.25, 0.3) is 0 Å². The van der Waals surface area contributed by atoms with Crippen molar-refractivity contribution in [2.45, 2.75) is 11.8 Å². The van der Waals surface area contributed by atoms with Gasteiger partial charge in [0.1, 0.15) is 18.9 Å². The molecule has 0 spiro atoms. The zero-order valence-corrected chi connectivity index (χ0v) is 14.8. The van der Waals surface area contributed by atoms with E-state index in [1.165, 1.54) is 11.8 Å². The van der Waals surface area contributed by atoms with Gasteiger partial charge in [-0.25, -0.2) is 0 Å². The summed E-state index contributed by atoms with van der Waals surface area (Å²) in [6, 6.07) is 15.4. The first-order valence-electron chi connectivity index (χ1n) is 8.12. The molecule has 130 valence electrons. The van der Waals surface area contributed by atoms with Crippen LogP contribution in [0.5, 0.6) is 5.75 Å². The molecule has 3 rings (SSSR count). The number of thioether (sulfide) groups is 1. The van der Waals surface area contributed by atoms with Crippen LogP contribution < -0.4 is 15.0 Å². The zero-order chi connectivity index (χ0) is 17.6. The van der Waals surface area contributed by atoms with Gasteiger partial charge in [0.15, 0.2) is 0 Å². The van der Waals surface area contributed by atoms with E-state index in [9.17, 15) is 9.59 Å². The Morgan fingerprint density at radius 2 is 2.08 bits per heavy atom. The molecule has 0 saturated heterocycles. The van der Waals surface area contributed by atoms with Gasteiger partial charge in [0, 0.05) is 4.90 Å². The Bertz CT molecular complexity index is 779. The van der Waals surface area contributed by atoms with Gasteiger partial charge < -0.3 is 15.0 Å². The number of aryl methyl sites for hydroxylation is 1. The molecule has 2 aromatic carbocycles. The van der Waals surface area contributed by atoms with Gasteiger partial charge in [0.2, 0.25) is 11.8 Å². The Hall–Kier alpha value is -2.47. The number of benzene rings is 2. The van der Waals surface area contributed by atoms with E-state index in [0.29, 0.717) is 18.9 Å². The van der Waals surface area contributed by atoms with Crippen LogP contribution >= 0.6 is 11.8 Å². The number of para-hydroxylation sites is 1. The third-order valence-electron chi connectivity index (χ3n) is 3.79. The van der Waals surface area contributed by atoms with Gasteiger partial charge >= 0.3 is 0 Å². The first-order valence-corrected chi connectivity index (χ1v) is 9.10. The minimum atomic E-state index is -0.192. The normalized spacial score (nSPS) is 13.3. The number of fused-ring (bicyclic) bond motifs is 1. The number of amides is 2. The van der Waals surface area contributed by atoms with Gasteiger partial charge in [-0.15, -0.1) is 11.8 Å².